The minimum Gasteiger partial charge on any atom is -0.396 e. The molecule has 0 aliphatic carbocycles. The summed E-state index contributed by atoms with van der Waals surface area (Å²) in [5.41, 5.74) is 0.0603. The van der Waals surface area contributed by atoms with E-state index in [1.807, 2.05) is 16.7 Å². The van der Waals surface area contributed by atoms with E-state index in [2.05, 4.69) is 18.9 Å². The van der Waals surface area contributed by atoms with Gasteiger partial charge in [0.15, 0.2) is 0 Å². The van der Waals surface area contributed by atoms with Crippen molar-refractivity contribution in [3.05, 3.63) is 0 Å². The summed E-state index contributed by atoms with van der Waals surface area (Å²) in [6, 6.07) is 0.570. The van der Waals surface area contributed by atoms with Gasteiger partial charge >= 0.3 is 0 Å². The standard InChI is InChI=1S/C15H28N2O2S/c1-3-15(12-18)5-7-17(8-6-15)14(19)10-16(2)13-4-9-20-11-13/h13,18H,3-12H2,1-2H3. The molecule has 2 aliphatic heterocycles. The van der Waals surface area contributed by atoms with Crippen molar-refractivity contribution in [3.8, 4) is 0 Å². The molecule has 0 spiro atoms. The maximum Gasteiger partial charge on any atom is 0.236 e. The van der Waals surface area contributed by atoms with Gasteiger partial charge in [0.2, 0.25) is 5.91 Å². The average Bonchev–Trinajstić information content (AvgIpc) is 3.01. The van der Waals surface area contributed by atoms with Gasteiger partial charge in [-0.15, -0.1) is 0 Å². The summed E-state index contributed by atoms with van der Waals surface area (Å²) in [7, 11) is 2.07. The molecular formula is C15H28N2O2S. The first-order chi connectivity index (χ1) is 9.60. The van der Waals surface area contributed by atoms with Gasteiger partial charge in [-0.05, 0) is 43.9 Å². The highest BCUT2D eigenvalue weighted by Gasteiger charge is 2.34. The van der Waals surface area contributed by atoms with E-state index < -0.39 is 0 Å². The summed E-state index contributed by atoms with van der Waals surface area (Å²) in [6.45, 7) is 4.55. The zero-order chi connectivity index (χ0) is 14.6. The number of thioether (sulfide) groups is 1. The minimum absolute atomic E-state index is 0.0603. The van der Waals surface area contributed by atoms with E-state index in [9.17, 15) is 9.90 Å². The fourth-order valence-corrected chi connectivity index (χ4v) is 4.46. The quantitative estimate of drug-likeness (QED) is 0.834. The molecule has 2 heterocycles. The second kappa shape index (κ2) is 7.14. The predicted octanol–water partition coefficient (Wildman–Crippen LogP) is 1.43. The van der Waals surface area contributed by atoms with Crippen molar-refractivity contribution in [2.45, 2.75) is 38.6 Å². The lowest BCUT2D eigenvalue weighted by atomic mass is 9.77. The Kier molecular flexibility index (Phi) is 5.75. The first-order valence-electron chi connectivity index (χ1n) is 7.77. The summed E-state index contributed by atoms with van der Waals surface area (Å²) in [5, 5.41) is 9.54. The predicted molar refractivity (Wildman–Crippen MR) is 84.0 cm³/mol. The van der Waals surface area contributed by atoms with E-state index in [4.69, 9.17) is 0 Å². The number of carbonyl (C=O) groups is 1. The lowest BCUT2D eigenvalue weighted by Crippen LogP contribution is -2.48. The van der Waals surface area contributed by atoms with Crippen molar-refractivity contribution >= 4 is 17.7 Å². The highest BCUT2D eigenvalue weighted by atomic mass is 32.2. The monoisotopic (exact) mass is 300 g/mol. The number of aliphatic hydroxyl groups is 1. The fraction of sp³-hybridized carbons (Fsp3) is 0.933. The fourth-order valence-electron chi connectivity index (χ4n) is 3.17. The normalized spacial score (nSPS) is 26.2. The molecule has 116 valence electrons. The number of carbonyl (C=O) groups excluding carboxylic acids is 1. The number of amides is 1. The molecule has 20 heavy (non-hydrogen) atoms. The molecule has 2 aliphatic rings. The molecule has 1 unspecified atom stereocenters. The Labute approximate surface area is 126 Å². The molecular weight excluding hydrogens is 272 g/mol. The van der Waals surface area contributed by atoms with Gasteiger partial charge in [0, 0.05) is 31.5 Å². The Morgan fingerprint density at radius 1 is 1.45 bits per heavy atom. The van der Waals surface area contributed by atoms with Crippen molar-refractivity contribution < 1.29 is 9.90 Å². The Bertz CT molecular complexity index is 318. The van der Waals surface area contributed by atoms with Gasteiger partial charge in [-0.1, -0.05) is 6.92 Å². The van der Waals surface area contributed by atoms with Crippen molar-refractivity contribution in [3.63, 3.8) is 0 Å². The van der Waals surface area contributed by atoms with E-state index in [0.717, 1.165) is 38.1 Å². The third-order valence-corrected chi connectivity index (χ3v) is 6.32. The van der Waals surface area contributed by atoms with E-state index in [0.29, 0.717) is 12.6 Å². The van der Waals surface area contributed by atoms with Crippen LogP contribution < -0.4 is 0 Å². The summed E-state index contributed by atoms with van der Waals surface area (Å²) in [5.74, 6) is 2.64. The molecule has 0 aromatic rings. The van der Waals surface area contributed by atoms with Crippen LogP contribution in [-0.2, 0) is 4.79 Å². The number of hydrogen-bond acceptors (Lipinski definition) is 4. The summed E-state index contributed by atoms with van der Waals surface area (Å²) in [6.07, 6.45) is 4.09. The highest BCUT2D eigenvalue weighted by molar-refractivity contribution is 7.99. The van der Waals surface area contributed by atoms with Crippen molar-refractivity contribution in [2.24, 2.45) is 5.41 Å². The highest BCUT2D eigenvalue weighted by Crippen LogP contribution is 2.34. The van der Waals surface area contributed by atoms with E-state index in [1.165, 1.54) is 12.2 Å². The lowest BCUT2D eigenvalue weighted by Gasteiger charge is -2.40. The number of hydrogen-bond donors (Lipinski definition) is 1. The first-order valence-corrected chi connectivity index (χ1v) is 8.92. The van der Waals surface area contributed by atoms with Crippen LogP contribution in [0.4, 0.5) is 0 Å². The topological polar surface area (TPSA) is 43.8 Å². The molecule has 2 saturated heterocycles. The average molecular weight is 300 g/mol. The molecule has 2 fully saturated rings. The SMILES string of the molecule is CCC1(CO)CCN(C(=O)CN(C)C2CCSC2)CC1. The van der Waals surface area contributed by atoms with Crippen molar-refractivity contribution in [2.75, 3.05) is 44.8 Å². The van der Waals surface area contributed by atoms with Crippen LogP contribution in [0.25, 0.3) is 0 Å². The van der Waals surface area contributed by atoms with E-state index >= 15 is 0 Å². The van der Waals surface area contributed by atoms with Gasteiger partial charge in [0.25, 0.3) is 0 Å². The summed E-state index contributed by atoms with van der Waals surface area (Å²) >= 11 is 1.98. The second-order valence-corrected chi connectivity index (χ2v) is 7.47. The van der Waals surface area contributed by atoms with Crippen LogP contribution >= 0.6 is 11.8 Å². The maximum absolute atomic E-state index is 12.4. The van der Waals surface area contributed by atoms with Crippen LogP contribution in [0, 0.1) is 5.41 Å². The van der Waals surface area contributed by atoms with Crippen LogP contribution in [0.15, 0.2) is 0 Å². The molecule has 1 N–H and O–H groups in total. The van der Waals surface area contributed by atoms with Gasteiger partial charge in [0.05, 0.1) is 6.54 Å². The van der Waals surface area contributed by atoms with Crippen LogP contribution in [0.5, 0.6) is 0 Å². The molecule has 0 aromatic carbocycles. The van der Waals surface area contributed by atoms with Crippen LogP contribution in [-0.4, -0.2) is 71.6 Å². The third-order valence-electron chi connectivity index (χ3n) is 5.18. The van der Waals surface area contributed by atoms with Gasteiger partial charge < -0.3 is 10.0 Å². The van der Waals surface area contributed by atoms with Gasteiger partial charge in [0.1, 0.15) is 0 Å². The number of nitrogens with zero attached hydrogens (tertiary/aromatic N) is 2. The van der Waals surface area contributed by atoms with Crippen molar-refractivity contribution in [1.82, 2.24) is 9.80 Å². The number of likely N-dealkylation sites (tertiary alicyclic amines) is 1. The van der Waals surface area contributed by atoms with Crippen LogP contribution in [0.2, 0.25) is 0 Å². The number of aliphatic hydroxyl groups excluding tert-OH is 1. The lowest BCUT2D eigenvalue weighted by molar-refractivity contribution is -0.135. The zero-order valence-electron chi connectivity index (χ0n) is 12.8. The van der Waals surface area contributed by atoms with Crippen LogP contribution in [0.3, 0.4) is 0 Å². The largest absolute Gasteiger partial charge is 0.396 e. The molecule has 1 atom stereocenters. The number of likely N-dealkylation sites (N-methyl/N-ethyl adjacent to an activating group) is 1. The molecule has 1 amide bonds. The Hall–Kier alpha value is -0.260. The van der Waals surface area contributed by atoms with Gasteiger partial charge in [-0.25, -0.2) is 0 Å². The molecule has 5 heteroatoms. The maximum atomic E-state index is 12.4. The minimum atomic E-state index is 0.0603. The Balaban J connectivity index is 1.79. The zero-order valence-corrected chi connectivity index (χ0v) is 13.6. The Morgan fingerprint density at radius 2 is 2.15 bits per heavy atom. The van der Waals surface area contributed by atoms with E-state index in [-0.39, 0.29) is 17.9 Å². The smallest absolute Gasteiger partial charge is 0.236 e. The molecule has 0 aromatic heterocycles. The van der Waals surface area contributed by atoms with Gasteiger partial charge in [-0.2, -0.15) is 11.8 Å². The second-order valence-electron chi connectivity index (χ2n) is 6.32. The Morgan fingerprint density at radius 3 is 2.65 bits per heavy atom. The number of piperidine rings is 1. The molecule has 2 rings (SSSR count). The molecule has 4 nitrogen and oxygen atoms in total. The van der Waals surface area contributed by atoms with E-state index in [1.54, 1.807) is 0 Å². The summed E-state index contributed by atoms with van der Waals surface area (Å²) < 4.78 is 0. The van der Waals surface area contributed by atoms with Crippen LogP contribution in [0.1, 0.15) is 32.6 Å². The van der Waals surface area contributed by atoms with Crippen molar-refractivity contribution in [1.29, 1.82) is 0 Å². The molecule has 0 radical (unpaired) electrons. The number of rotatable bonds is 5. The molecule has 0 saturated carbocycles. The summed E-state index contributed by atoms with van der Waals surface area (Å²) in [4.78, 5) is 16.6. The third kappa shape index (κ3) is 3.68. The van der Waals surface area contributed by atoms with Gasteiger partial charge in [-0.3, -0.25) is 9.69 Å². The molecule has 0 bridgehead atoms. The first kappa shape index (κ1) is 16.1.